The minimum Gasteiger partial charge on any atom is -1.00 e. The molecule has 2 nitrogen and oxygen atoms in total. The molecule has 2 N–H and O–H groups in total. The average Bonchev–Trinajstić information content (AvgIpc) is 1.37. The van der Waals surface area contributed by atoms with Gasteiger partial charge in [-0.2, -0.15) is 0 Å². The van der Waals surface area contributed by atoms with Gasteiger partial charge in [-0.05, 0) is 0 Å². The standard InChI is InChI=1S/C2H6O2.Al.Mg.5H/c3-1-2-4;;;;;;;/h3-4H,1-2H2;;;;;;;/q;;+2;;;;2*-1. The van der Waals surface area contributed by atoms with E-state index >= 15 is 0 Å². The summed E-state index contributed by atoms with van der Waals surface area (Å²) in [5.41, 5.74) is 0. The van der Waals surface area contributed by atoms with Gasteiger partial charge >= 0.3 is 23.1 Å². The molecule has 0 aromatic rings. The Balaban J connectivity index is -0.00000000750. The molecule has 0 aromatic heterocycles. The Kier molecular flexibility index (Phi) is 42.7. The average molecular weight is 118 g/mol. The SMILES string of the molecule is OCCO.[AlH3].[H-].[H-].[Mg+2]. The van der Waals surface area contributed by atoms with E-state index in [1.165, 1.54) is 0 Å². The van der Waals surface area contributed by atoms with Crippen LogP contribution in [0.2, 0.25) is 0 Å². The van der Waals surface area contributed by atoms with E-state index in [9.17, 15) is 0 Å². The molecule has 0 aliphatic heterocycles. The van der Waals surface area contributed by atoms with Crippen molar-refractivity contribution in [1.29, 1.82) is 0 Å². The first-order chi connectivity index (χ1) is 1.91. The molecule has 0 amide bonds. The second-order valence-electron chi connectivity index (χ2n) is 0.447. The van der Waals surface area contributed by atoms with Crippen molar-refractivity contribution in [3.05, 3.63) is 0 Å². The number of rotatable bonds is 1. The van der Waals surface area contributed by atoms with E-state index in [0.717, 1.165) is 0 Å². The van der Waals surface area contributed by atoms with Crippen LogP contribution in [-0.4, -0.2) is 63.8 Å². The molecule has 6 heavy (non-hydrogen) atoms. The van der Waals surface area contributed by atoms with E-state index in [4.69, 9.17) is 10.2 Å². The summed E-state index contributed by atoms with van der Waals surface area (Å²) in [6, 6.07) is 0. The summed E-state index contributed by atoms with van der Waals surface area (Å²) < 4.78 is 0. The van der Waals surface area contributed by atoms with E-state index in [1.807, 2.05) is 0 Å². The molecule has 0 fully saturated rings. The van der Waals surface area contributed by atoms with Crippen molar-refractivity contribution >= 4 is 40.4 Å². The Morgan fingerprint density at radius 3 is 1.33 bits per heavy atom. The monoisotopic (exact) mass is 118 g/mol. The minimum absolute atomic E-state index is 0. The normalized spacial score (nSPS) is 5.00. The van der Waals surface area contributed by atoms with Gasteiger partial charge in [0.25, 0.3) is 0 Å². The first-order valence-electron chi connectivity index (χ1n) is 1.13. The first-order valence-corrected chi connectivity index (χ1v) is 1.13. The van der Waals surface area contributed by atoms with E-state index in [2.05, 4.69) is 0 Å². The molecule has 0 aliphatic rings. The number of aliphatic hydroxyl groups excluding tert-OH is 2. The third-order valence-corrected chi connectivity index (χ3v) is 0.1000. The summed E-state index contributed by atoms with van der Waals surface area (Å²) in [7, 11) is 0. The summed E-state index contributed by atoms with van der Waals surface area (Å²) >= 11 is 0. The van der Waals surface area contributed by atoms with Crippen LogP contribution >= 0.6 is 0 Å². The van der Waals surface area contributed by atoms with Crippen molar-refractivity contribution in [1.82, 2.24) is 0 Å². The van der Waals surface area contributed by atoms with Gasteiger partial charge in [0, 0.05) is 0 Å². The van der Waals surface area contributed by atoms with Gasteiger partial charge in [0.05, 0.1) is 13.2 Å². The second kappa shape index (κ2) is 16.3. The topological polar surface area (TPSA) is 40.5 Å². The number of aliphatic hydroxyl groups is 2. The van der Waals surface area contributed by atoms with Crippen molar-refractivity contribution in [2.24, 2.45) is 0 Å². The Hall–Kier alpha value is 1.22. The predicted octanol–water partition coefficient (Wildman–Crippen LogP) is -2.37. The maximum absolute atomic E-state index is 7.62. The zero-order chi connectivity index (χ0) is 3.41. The Bertz CT molecular complexity index is 20.0. The second-order valence-corrected chi connectivity index (χ2v) is 0.447. The van der Waals surface area contributed by atoms with E-state index in [1.54, 1.807) is 0 Å². The maximum Gasteiger partial charge on any atom is 2.00 e. The van der Waals surface area contributed by atoms with Crippen LogP contribution in [0.1, 0.15) is 2.85 Å². The van der Waals surface area contributed by atoms with Gasteiger partial charge in [-0.1, -0.05) is 0 Å². The molecular formula is C2H11AlMgO2. The van der Waals surface area contributed by atoms with Crippen LogP contribution in [-0.2, 0) is 0 Å². The van der Waals surface area contributed by atoms with Crippen molar-refractivity contribution in [2.75, 3.05) is 13.2 Å². The molecule has 0 spiro atoms. The molecule has 0 radical (unpaired) electrons. The van der Waals surface area contributed by atoms with Crippen molar-refractivity contribution < 1.29 is 13.1 Å². The zero-order valence-corrected chi connectivity index (χ0v) is 4.43. The van der Waals surface area contributed by atoms with Crippen LogP contribution in [0.3, 0.4) is 0 Å². The van der Waals surface area contributed by atoms with E-state index < -0.39 is 0 Å². The first kappa shape index (κ1) is 15.7. The molecule has 0 atom stereocenters. The largest absolute Gasteiger partial charge is 2.00 e. The molecule has 0 saturated carbocycles. The van der Waals surface area contributed by atoms with Crippen molar-refractivity contribution in [3.8, 4) is 0 Å². The van der Waals surface area contributed by atoms with Gasteiger partial charge in [-0.25, -0.2) is 0 Å². The molecule has 36 valence electrons. The zero-order valence-electron chi connectivity index (χ0n) is 5.02. The molecule has 0 unspecified atom stereocenters. The summed E-state index contributed by atoms with van der Waals surface area (Å²) in [4.78, 5) is 0. The van der Waals surface area contributed by atoms with Crippen LogP contribution in [0.4, 0.5) is 0 Å². The van der Waals surface area contributed by atoms with Gasteiger partial charge in [-0.15, -0.1) is 0 Å². The Morgan fingerprint density at radius 1 is 1.17 bits per heavy atom. The van der Waals surface area contributed by atoms with Gasteiger partial charge in [0.15, 0.2) is 17.4 Å². The summed E-state index contributed by atoms with van der Waals surface area (Å²) in [6.07, 6.45) is 0. The quantitative estimate of drug-likeness (QED) is 0.378. The van der Waals surface area contributed by atoms with Gasteiger partial charge < -0.3 is 13.1 Å². The molecule has 4 heteroatoms. The van der Waals surface area contributed by atoms with Crippen molar-refractivity contribution in [3.63, 3.8) is 0 Å². The van der Waals surface area contributed by atoms with E-state index in [0.29, 0.717) is 0 Å². The number of hydrogen-bond donors (Lipinski definition) is 2. The van der Waals surface area contributed by atoms with E-state index in [-0.39, 0.29) is 56.5 Å². The molecule has 0 rings (SSSR count). The number of hydrogen-bond acceptors (Lipinski definition) is 2. The van der Waals surface area contributed by atoms with Crippen LogP contribution < -0.4 is 0 Å². The third kappa shape index (κ3) is 18.9. The molecule has 0 aromatic carbocycles. The maximum atomic E-state index is 7.62. The summed E-state index contributed by atoms with van der Waals surface area (Å²) in [5.74, 6) is 0. The van der Waals surface area contributed by atoms with Crippen molar-refractivity contribution in [2.45, 2.75) is 0 Å². The molecular weight excluding hydrogens is 107 g/mol. The van der Waals surface area contributed by atoms with Gasteiger partial charge in [-0.3, -0.25) is 0 Å². The predicted molar refractivity (Wildman–Crippen MR) is 32.1 cm³/mol. The van der Waals surface area contributed by atoms with Crippen LogP contribution in [0.25, 0.3) is 0 Å². The van der Waals surface area contributed by atoms with Crippen LogP contribution in [0.15, 0.2) is 0 Å². The summed E-state index contributed by atoms with van der Waals surface area (Å²) in [5, 5.41) is 15.2. The molecule has 0 aliphatic carbocycles. The summed E-state index contributed by atoms with van der Waals surface area (Å²) in [6.45, 7) is -0.250. The third-order valence-electron chi connectivity index (χ3n) is 0.1000. The fourth-order valence-electron chi connectivity index (χ4n) is 0. The van der Waals surface area contributed by atoms with Crippen LogP contribution in [0.5, 0.6) is 0 Å². The van der Waals surface area contributed by atoms with Gasteiger partial charge in [0.2, 0.25) is 0 Å². The van der Waals surface area contributed by atoms with Crippen LogP contribution in [0, 0.1) is 0 Å². The fourth-order valence-corrected chi connectivity index (χ4v) is 0. The molecule has 0 bridgehead atoms. The van der Waals surface area contributed by atoms with Gasteiger partial charge in [0.1, 0.15) is 0 Å². The minimum atomic E-state index is -0.125. The Labute approximate surface area is 66.8 Å². The smallest absolute Gasteiger partial charge is 1.00 e. The fraction of sp³-hybridized carbons (Fsp3) is 1.00. The Morgan fingerprint density at radius 2 is 1.33 bits per heavy atom. The molecule has 0 heterocycles. The molecule has 0 saturated heterocycles.